The predicted molar refractivity (Wildman–Crippen MR) is 85.2 cm³/mol. The van der Waals surface area contributed by atoms with E-state index in [9.17, 15) is 0 Å². The van der Waals surface area contributed by atoms with Crippen LogP contribution in [0.3, 0.4) is 0 Å². The van der Waals surface area contributed by atoms with Gasteiger partial charge >= 0.3 is 0 Å². The third-order valence-electron chi connectivity index (χ3n) is 4.30. The van der Waals surface area contributed by atoms with Crippen LogP contribution in [0.15, 0.2) is 5.38 Å². The van der Waals surface area contributed by atoms with Gasteiger partial charge in [0.1, 0.15) is 0 Å². The molecule has 3 nitrogen and oxygen atoms in total. The summed E-state index contributed by atoms with van der Waals surface area (Å²) in [5.41, 5.74) is 1.28. The van der Waals surface area contributed by atoms with E-state index in [0.29, 0.717) is 12.0 Å². The summed E-state index contributed by atoms with van der Waals surface area (Å²) in [6.45, 7) is 9.17. The molecule has 0 aromatic carbocycles. The molecule has 3 rings (SSSR count). The van der Waals surface area contributed by atoms with Gasteiger partial charge in [-0.15, -0.1) is 11.3 Å². The van der Waals surface area contributed by atoms with Crippen molar-refractivity contribution in [2.24, 2.45) is 5.92 Å². The first kappa shape index (κ1) is 14.5. The predicted octanol–water partition coefficient (Wildman–Crippen LogP) is 3.23. The van der Waals surface area contributed by atoms with Gasteiger partial charge in [0.2, 0.25) is 0 Å². The molecule has 1 N–H and O–H groups in total. The average Bonchev–Trinajstić information content (AvgIpc) is 2.91. The Kier molecular flexibility index (Phi) is 4.74. The van der Waals surface area contributed by atoms with Gasteiger partial charge in [0.15, 0.2) is 0 Å². The van der Waals surface area contributed by atoms with Crippen molar-refractivity contribution in [2.45, 2.75) is 58.0 Å². The molecule has 0 amide bonds. The smallest absolute Gasteiger partial charge is 0.0954 e. The maximum absolute atomic E-state index is 4.81. The van der Waals surface area contributed by atoms with Crippen LogP contribution in [-0.2, 0) is 6.54 Å². The summed E-state index contributed by atoms with van der Waals surface area (Å²) < 4.78 is 0. The van der Waals surface area contributed by atoms with Crippen LogP contribution in [0.2, 0.25) is 0 Å². The Labute approximate surface area is 126 Å². The molecule has 0 bridgehead atoms. The molecule has 2 aliphatic rings. The quantitative estimate of drug-likeness (QED) is 0.836. The highest BCUT2D eigenvalue weighted by atomic mass is 32.1. The number of thiazole rings is 1. The zero-order valence-corrected chi connectivity index (χ0v) is 13.6. The lowest BCUT2D eigenvalue weighted by atomic mass is 10.2. The number of nitrogens with zero attached hydrogens (tertiary/aromatic N) is 2. The highest BCUT2D eigenvalue weighted by Crippen LogP contribution is 2.30. The number of nitrogens with one attached hydrogen (secondary N) is 1. The van der Waals surface area contributed by atoms with Crippen LogP contribution >= 0.6 is 11.3 Å². The molecule has 1 unspecified atom stereocenters. The van der Waals surface area contributed by atoms with Crippen molar-refractivity contribution in [2.75, 3.05) is 19.6 Å². The van der Waals surface area contributed by atoms with Gasteiger partial charge < -0.3 is 5.32 Å². The Morgan fingerprint density at radius 3 is 2.80 bits per heavy atom. The lowest BCUT2D eigenvalue weighted by Gasteiger charge is -2.25. The molecule has 1 aromatic rings. The number of hydrogen-bond donors (Lipinski definition) is 1. The lowest BCUT2D eigenvalue weighted by Crippen LogP contribution is -2.38. The molecule has 20 heavy (non-hydrogen) atoms. The van der Waals surface area contributed by atoms with E-state index in [-0.39, 0.29) is 0 Å². The minimum atomic E-state index is 0.558. The molecule has 0 radical (unpaired) electrons. The van der Waals surface area contributed by atoms with Crippen molar-refractivity contribution >= 4 is 11.3 Å². The normalized spacial score (nSPS) is 23.1. The van der Waals surface area contributed by atoms with Gasteiger partial charge in [-0.1, -0.05) is 13.8 Å². The van der Waals surface area contributed by atoms with Crippen molar-refractivity contribution in [1.29, 1.82) is 0 Å². The van der Waals surface area contributed by atoms with Crippen molar-refractivity contribution in [1.82, 2.24) is 15.2 Å². The second kappa shape index (κ2) is 6.54. The number of hydrogen-bond acceptors (Lipinski definition) is 4. The van der Waals surface area contributed by atoms with Crippen LogP contribution in [0.4, 0.5) is 0 Å². The van der Waals surface area contributed by atoms with Crippen LogP contribution in [0.25, 0.3) is 0 Å². The van der Waals surface area contributed by atoms with E-state index >= 15 is 0 Å². The maximum atomic E-state index is 4.81. The van der Waals surface area contributed by atoms with Gasteiger partial charge in [-0.3, -0.25) is 4.90 Å². The highest BCUT2D eigenvalue weighted by molar-refractivity contribution is 7.09. The second-order valence-electron chi connectivity index (χ2n) is 6.76. The largest absolute Gasteiger partial charge is 0.313 e. The van der Waals surface area contributed by atoms with Crippen LogP contribution in [-0.4, -0.2) is 35.6 Å². The molecule has 112 valence electrons. The summed E-state index contributed by atoms with van der Waals surface area (Å²) in [6.07, 6.45) is 5.55. The SMILES string of the molecule is CC(C)c1nc(CN(CC2CC2)CC2CCCN2)cs1. The highest BCUT2D eigenvalue weighted by Gasteiger charge is 2.27. The summed E-state index contributed by atoms with van der Waals surface area (Å²) in [5, 5.41) is 7.17. The monoisotopic (exact) mass is 293 g/mol. The zero-order chi connectivity index (χ0) is 13.9. The summed E-state index contributed by atoms with van der Waals surface area (Å²) in [5.74, 6) is 1.52. The fourth-order valence-electron chi connectivity index (χ4n) is 2.98. The van der Waals surface area contributed by atoms with Gasteiger partial charge in [0.25, 0.3) is 0 Å². The number of rotatable bonds is 7. The van der Waals surface area contributed by atoms with E-state index in [1.54, 1.807) is 0 Å². The minimum absolute atomic E-state index is 0.558. The van der Waals surface area contributed by atoms with Gasteiger partial charge in [0.05, 0.1) is 10.7 Å². The fourth-order valence-corrected chi connectivity index (χ4v) is 3.81. The Morgan fingerprint density at radius 2 is 2.20 bits per heavy atom. The van der Waals surface area contributed by atoms with Crippen molar-refractivity contribution < 1.29 is 0 Å². The Hall–Kier alpha value is -0.450. The molecule has 0 spiro atoms. The molecule has 1 aromatic heterocycles. The first-order valence-corrected chi connectivity index (χ1v) is 8.98. The molecule has 2 fully saturated rings. The molecule has 1 aliphatic carbocycles. The van der Waals surface area contributed by atoms with Gasteiger partial charge in [-0.2, -0.15) is 0 Å². The molecule has 2 heterocycles. The Morgan fingerprint density at radius 1 is 1.35 bits per heavy atom. The summed E-state index contributed by atoms with van der Waals surface area (Å²) in [6, 6.07) is 0.706. The van der Waals surface area contributed by atoms with E-state index in [1.165, 1.54) is 56.0 Å². The average molecular weight is 293 g/mol. The van der Waals surface area contributed by atoms with Gasteiger partial charge in [0, 0.05) is 37.0 Å². The zero-order valence-electron chi connectivity index (χ0n) is 12.8. The van der Waals surface area contributed by atoms with Gasteiger partial charge in [-0.05, 0) is 38.1 Å². The first-order valence-electron chi connectivity index (χ1n) is 8.10. The van der Waals surface area contributed by atoms with Crippen LogP contribution in [0, 0.1) is 5.92 Å². The third-order valence-corrected chi connectivity index (χ3v) is 5.50. The third kappa shape index (κ3) is 4.03. The summed E-state index contributed by atoms with van der Waals surface area (Å²) in [7, 11) is 0. The standard InChI is InChI=1S/C16H27N3S/c1-12(2)16-18-15(11-20-16)10-19(8-13-5-6-13)9-14-4-3-7-17-14/h11-14,17H,3-10H2,1-2H3. The molecule has 1 atom stereocenters. The molecule has 1 aliphatic heterocycles. The molecular formula is C16H27N3S. The first-order chi connectivity index (χ1) is 9.70. The van der Waals surface area contributed by atoms with Crippen molar-refractivity contribution in [3.05, 3.63) is 16.1 Å². The van der Waals surface area contributed by atoms with Gasteiger partial charge in [-0.25, -0.2) is 4.98 Å². The van der Waals surface area contributed by atoms with E-state index in [2.05, 4.69) is 29.4 Å². The van der Waals surface area contributed by atoms with E-state index < -0.39 is 0 Å². The van der Waals surface area contributed by atoms with Crippen molar-refractivity contribution in [3.63, 3.8) is 0 Å². The van der Waals surface area contributed by atoms with Crippen LogP contribution < -0.4 is 5.32 Å². The summed E-state index contributed by atoms with van der Waals surface area (Å²) in [4.78, 5) is 7.45. The van der Waals surface area contributed by atoms with Crippen LogP contribution in [0.5, 0.6) is 0 Å². The Balaban J connectivity index is 1.58. The van der Waals surface area contributed by atoms with Crippen LogP contribution in [0.1, 0.15) is 56.2 Å². The Bertz CT molecular complexity index is 419. The maximum Gasteiger partial charge on any atom is 0.0954 e. The second-order valence-corrected chi connectivity index (χ2v) is 7.65. The fraction of sp³-hybridized carbons (Fsp3) is 0.812. The molecule has 1 saturated heterocycles. The minimum Gasteiger partial charge on any atom is -0.313 e. The topological polar surface area (TPSA) is 28.2 Å². The molecule has 1 saturated carbocycles. The van der Waals surface area contributed by atoms with E-state index in [0.717, 1.165) is 12.5 Å². The molecular weight excluding hydrogens is 266 g/mol. The lowest BCUT2D eigenvalue weighted by molar-refractivity contribution is 0.229. The van der Waals surface area contributed by atoms with Crippen molar-refractivity contribution in [3.8, 4) is 0 Å². The van der Waals surface area contributed by atoms with E-state index in [1.807, 2.05) is 11.3 Å². The summed E-state index contributed by atoms with van der Waals surface area (Å²) >= 11 is 1.82. The molecule has 4 heteroatoms. The number of aromatic nitrogens is 1. The van der Waals surface area contributed by atoms with E-state index in [4.69, 9.17) is 4.98 Å².